The van der Waals surface area contributed by atoms with Gasteiger partial charge in [-0.1, -0.05) is 0 Å². The lowest BCUT2D eigenvalue weighted by Gasteiger charge is -2.29. The second-order valence-corrected chi connectivity index (χ2v) is 8.12. The Hall–Kier alpha value is -3.41. The molecule has 2 aromatic carbocycles. The fourth-order valence-corrected chi connectivity index (χ4v) is 4.07. The SMILES string of the molecule is C/N=C(\N=C\Nc1ccc(N2CCNCC2)cc1)c1ccc(OC2CCNCC2)c(C#N)c1. The molecular formula is C25H31N7O. The number of aliphatic imine (C=N–C) groups is 2. The lowest BCUT2D eigenvalue weighted by atomic mass is 10.1. The van der Waals surface area contributed by atoms with Crippen molar-refractivity contribution in [2.24, 2.45) is 9.98 Å². The summed E-state index contributed by atoms with van der Waals surface area (Å²) >= 11 is 0. The fourth-order valence-electron chi connectivity index (χ4n) is 4.07. The van der Waals surface area contributed by atoms with Crippen LogP contribution >= 0.6 is 0 Å². The van der Waals surface area contributed by atoms with E-state index in [4.69, 9.17) is 4.74 Å². The molecule has 8 heteroatoms. The van der Waals surface area contributed by atoms with E-state index in [9.17, 15) is 5.26 Å². The Bertz CT molecular complexity index is 1010. The maximum absolute atomic E-state index is 9.63. The maximum atomic E-state index is 9.63. The van der Waals surface area contributed by atoms with Gasteiger partial charge in [0.25, 0.3) is 0 Å². The molecule has 0 atom stereocenters. The van der Waals surface area contributed by atoms with E-state index in [0.717, 1.165) is 63.4 Å². The van der Waals surface area contributed by atoms with Crippen LogP contribution in [0.5, 0.6) is 5.75 Å². The number of nitriles is 1. The first-order valence-electron chi connectivity index (χ1n) is 11.5. The van der Waals surface area contributed by atoms with Gasteiger partial charge in [0.2, 0.25) is 0 Å². The zero-order valence-electron chi connectivity index (χ0n) is 19.1. The van der Waals surface area contributed by atoms with Crippen molar-refractivity contribution < 1.29 is 4.74 Å². The zero-order valence-corrected chi connectivity index (χ0v) is 19.1. The summed E-state index contributed by atoms with van der Waals surface area (Å²) in [4.78, 5) is 11.1. The number of anilines is 2. The minimum absolute atomic E-state index is 0.142. The van der Waals surface area contributed by atoms with Gasteiger partial charge in [0, 0.05) is 50.2 Å². The van der Waals surface area contributed by atoms with E-state index in [1.165, 1.54) is 5.69 Å². The first kappa shape index (κ1) is 22.8. The molecule has 3 N–H and O–H groups in total. The van der Waals surface area contributed by atoms with Gasteiger partial charge in [-0.05, 0) is 68.4 Å². The molecule has 2 aliphatic rings. The van der Waals surface area contributed by atoms with Crippen LogP contribution in [-0.2, 0) is 0 Å². The minimum atomic E-state index is 0.142. The Balaban J connectivity index is 1.38. The Kier molecular flexibility index (Phi) is 7.90. The van der Waals surface area contributed by atoms with Crippen LogP contribution in [0.4, 0.5) is 11.4 Å². The predicted molar refractivity (Wildman–Crippen MR) is 134 cm³/mol. The quantitative estimate of drug-likeness (QED) is 0.467. The summed E-state index contributed by atoms with van der Waals surface area (Å²) in [5.41, 5.74) is 3.46. The van der Waals surface area contributed by atoms with Crippen LogP contribution < -0.4 is 25.6 Å². The number of nitrogens with one attached hydrogen (secondary N) is 3. The summed E-state index contributed by atoms with van der Waals surface area (Å²) < 4.78 is 6.08. The number of hydrogen-bond acceptors (Lipinski definition) is 6. The van der Waals surface area contributed by atoms with E-state index in [2.05, 4.69) is 49.0 Å². The molecule has 33 heavy (non-hydrogen) atoms. The summed E-state index contributed by atoms with van der Waals surface area (Å²) in [6, 6.07) is 16.1. The molecule has 2 saturated heterocycles. The van der Waals surface area contributed by atoms with Crippen molar-refractivity contribution in [2.75, 3.05) is 56.5 Å². The molecule has 2 fully saturated rings. The summed E-state index contributed by atoms with van der Waals surface area (Å²) in [7, 11) is 1.69. The molecule has 2 aromatic rings. The highest BCUT2D eigenvalue weighted by molar-refractivity contribution is 6.04. The third-order valence-corrected chi connectivity index (χ3v) is 5.92. The Morgan fingerprint density at radius 2 is 1.82 bits per heavy atom. The third-order valence-electron chi connectivity index (χ3n) is 5.92. The van der Waals surface area contributed by atoms with E-state index in [0.29, 0.717) is 17.1 Å². The van der Waals surface area contributed by atoms with Gasteiger partial charge in [0.05, 0.1) is 11.9 Å². The Morgan fingerprint density at radius 1 is 1.09 bits per heavy atom. The van der Waals surface area contributed by atoms with Crippen molar-refractivity contribution in [3.8, 4) is 11.8 Å². The van der Waals surface area contributed by atoms with Crippen LogP contribution in [0.2, 0.25) is 0 Å². The molecule has 172 valence electrons. The van der Waals surface area contributed by atoms with Gasteiger partial charge in [-0.2, -0.15) is 5.26 Å². The molecular weight excluding hydrogens is 414 g/mol. The normalized spacial score (nSPS) is 17.7. The van der Waals surface area contributed by atoms with Crippen LogP contribution in [-0.4, -0.2) is 64.6 Å². The Morgan fingerprint density at radius 3 is 2.52 bits per heavy atom. The predicted octanol–water partition coefficient (Wildman–Crippen LogP) is 2.62. The van der Waals surface area contributed by atoms with Crippen molar-refractivity contribution in [3.63, 3.8) is 0 Å². The fraction of sp³-hybridized carbons (Fsp3) is 0.400. The van der Waals surface area contributed by atoms with Gasteiger partial charge in [-0.25, -0.2) is 4.99 Å². The number of benzene rings is 2. The summed E-state index contributed by atoms with van der Waals surface area (Å²) in [6.45, 7) is 5.97. The average Bonchev–Trinajstić information content (AvgIpc) is 2.88. The van der Waals surface area contributed by atoms with Crippen molar-refractivity contribution in [2.45, 2.75) is 18.9 Å². The van der Waals surface area contributed by atoms with E-state index in [1.54, 1.807) is 19.5 Å². The van der Waals surface area contributed by atoms with Crippen LogP contribution in [0.3, 0.4) is 0 Å². The molecule has 0 aromatic heterocycles. The highest BCUT2D eigenvalue weighted by Crippen LogP contribution is 2.23. The Labute approximate surface area is 195 Å². The number of amidine groups is 1. The number of hydrogen-bond donors (Lipinski definition) is 3. The number of ether oxygens (including phenoxy) is 1. The van der Waals surface area contributed by atoms with Crippen molar-refractivity contribution in [1.82, 2.24) is 10.6 Å². The molecule has 0 saturated carbocycles. The van der Waals surface area contributed by atoms with E-state index in [-0.39, 0.29) is 6.10 Å². The smallest absolute Gasteiger partial charge is 0.156 e. The molecule has 8 nitrogen and oxygen atoms in total. The average molecular weight is 446 g/mol. The number of piperidine rings is 1. The van der Waals surface area contributed by atoms with E-state index in [1.807, 2.05) is 24.3 Å². The second-order valence-electron chi connectivity index (χ2n) is 8.12. The van der Waals surface area contributed by atoms with Crippen LogP contribution in [0, 0.1) is 11.3 Å². The molecule has 0 spiro atoms. The number of rotatable bonds is 6. The monoisotopic (exact) mass is 445 g/mol. The van der Waals surface area contributed by atoms with Gasteiger partial charge in [-0.15, -0.1) is 0 Å². The summed E-state index contributed by atoms with van der Waals surface area (Å²) in [5.74, 6) is 1.17. The largest absolute Gasteiger partial charge is 0.489 e. The topological polar surface area (TPSA) is 97.1 Å². The lowest BCUT2D eigenvalue weighted by molar-refractivity contribution is 0.162. The lowest BCUT2D eigenvalue weighted by Crippen LogP contribution is -2.43. The molecule has 4 rings (SSSR count). The van der Waals surface area contributed by atoms with Gasteiger partial charge in [-0.3, -0.25) is 4.99 Å². The minimum Gasteiger partial charge on any atom is -0.489 e. The van der Waals surface area contributed by atoms with Crippen molar-refractivity contribution in [1.29, 1.82) is 5.26 Å². The number of nitrogens with zero attached hydrogens (tertiary/aromatic N) is 4. The summed E-state index contributed by atoms with van der Waals surface area (Å²) in [6.07, 6.45) is 3.66. The molecule has 0 aliphatic carbocycles. The highest BCUT2D eigenvalue weighted by Gasteiger charge is 2.17. The van der Waals surface area contributed by atoms with E-state index < -0.39 is 0 Å². The maximum Gasteiger partial charge on any atom is 0.156 e. The number of piperazine rings is 1. The molecule has 2 heterocycles. The first-order chi connectivity index (χ1) is 16.3. The first-order valence-corrected chi connectivity index (χ1v) is 11.5. The zero-order chi connectivity index (χ0) is 22.9. The molecule has 0 bridgehead atoms. The molecule has 0 amide bonds. The molecule has 2 aliphatic heterocycles. The van der Waals surface area contributed by atoms with Gasteiger partial charge in [0.1, 0.15) is 17.9 Å². The third kappa shape index (κ3) is 6.09. The summed E-state index contributed by atoms with van der Waals surface area (Å²) in [5, 5.41) is 19.5. The van der Waals surface area contributed by atoms with Crippen LogP contribution in [0.25, 0.3) is 0 Å². The van der Waals surface area contributed by atoms with Gasteiger partial charge in [0.15, 0.2) is 5.84 Å². The van der Waals surface area contributed by atoms with Crippen molar-refractivity contribution >= 4 is 23.5 Å². The standard InChI is InChI=1S/C25H31N7O/c1-27-25(19-2-7-24(20(16-19)17-26)33-23-8-10-28-11-9-23)31-18-30-21-3-5-22(6-4-21)32-14-12-29-13-15-32/h2-7,16,18,23,28-29H,8-15H2,1H3,(H,27,30,31). The molecule has 0 radical (unpaired) electrons. The molecule has 0 unspecified atom stereocenters. The van der Waals surface area contributed by atoms with Crippen LogP contribution in [0.1, 0.15) is 24.0 Å². The highest BCUT2D eigenvalue weighted by atomic mass is 16.5. The van der Waals surface area contributed by atoms with Crippen LogP contribution in [0.15, 0.2) is 52.4 Å². The van der Waals surface area contributed by atoms with Gasteiger partial charge >= 0.3 is 0 Å². The van der Waals surface area contributed by atoms with E-state index >= 15 is 0 Å². The van der Waals surface area contributed by atoms with Crippen molar-refractivity contribution in [3.05, 3.63) is 53.6 Å². The van der Waals surface area contributed by atoms with Gasteiger partial charge < -0.3 is 25.6 Å². The second kappa shape index (κ2) is 11.5.